The van der Waals surface area contributed by atoms with Crippen LogP contribution in [0.3, 0.4) is 0 Å². The fraction of sp³-hybridized carbons (Fsp3) is 0.154. The molecular weight excluding hydrogens is 342 g/mol. The summed E-state index contributed by atoms with van der Waals surface area (Å²) in [4.78, 5) is 4.53. The van der Waals surface area contributed by atoms with Gasteiger partial charge in [0.15, 0.2) is 0 Å². The molecule has 102 valence electrons. The maximum Gasteiger partial charge on any atom is 0.126 e. The predicted molar refractivity (Wildman–Crippen MR) is 83.0 cm³/mol. The number of halogens is 2. The Morgan fingerprint density at radius 2 is 2.20 bits per heavy atom. The first kappa shape index (κ1) is 13.3. The van der Waals surface area contributed by atoms with Crippen molar-refractivity contribution in [1.29, 1.82) is 0 Å². The molecule has 5 nitrogen and oxygen atoms in total. The smallest absolute Gasteiger partial charge is 0.126 e. The van der Waals surface area contributed by atoms with Crippen LogP contribution in [0.4, 0.5) is 5.82 Å². The quantitative estimate of drug-likeness (QED) is 0.782. The van der Waals surface area contributed by atoms with E-state index >= 15 is 0 Å². The van der Waals surface area contributed by atoms with Gasteiger partial charge in [-0.15, -0.1) is 5.10 Å². The Labute approximate surface area is 129 Å². The van der Waals surface area contributed by atoms with Gasteiger partial charge in [-0.05, 0) is 24.3 Å². The van der Waals surface area contributed by atoms with Crippen molar-refractivity contribution in [1.82, 2.24) is 20.0 Å². The highest BCUT2D eigenvalue weighted by atomic mass is 79.9. The van der Waals surface area contributed by atoms with Crippen molar-refractivity contribution in [2.75, 3.05) is 11.9 Å². The van der Waals surface area contributed by atoms with E-state index in [0.29, 0.717) is 5.02 Å². The van der Waals surface area contributed by atoms with Crippen molar-refractivity contribution in [3.8, 4) is 0 Å². The number of hydrogen-bond donors (Lipinski definition) is 1. The van der Waals surface area contributed by atoms with E-state index in [1.54, 1.807) is 10.9 Å². The maximum absolute atomic E-state index is 6.21. The molecule has 0 fully saturated rings. The summed E-state index contributed by atoms with van der Waals surface area (Å²) in [6.07, 6.45) is 3.48. The molecule has 0 saturated heterocycles. The van der Waals surface area contributed by atoms with Crippen molar-refractivity contribution in [3.63, 3.8) is 0 Å². The van der Waals surface area contributed by atoms with Crippen LogP contribution in [-0.2, 0) is 6.54 Å². The number of benzene rings is 1. The van der Waals surface area contributed by atoms with Crippen molar-refractivity contribution >= 4 is 44.3 Å². The van der Waals surface area contributed by atoms with Gasteiger partial charge in [0.25, 0.3) is 0 Å². The maximum atomic E-state index is 6.21. The highest BCUT2D eigenvalue weighted by molar-refractivity contribution is 9.10. The zero-order valence-electron chi connectivity index (χ0n) is 10.4. The predicted octanol–water partition coefficient (Wildman–Crippen LogP) is 3.35. The third-order valence-corrected chi connectivity index (χ3v) is 3.58. The van der Waals surface area contributed by atoms with Gasteiger partial charge in [-0.3, -0.25) is 4.68 Å². The Kier molecular flexibility index (Phi) is 3.84. The first-order chi connectivity index (χ1) is 9.72. The van der Waals surface area contributed by atoms with E-state index in [1.165, 1.54) is 0 Å². The summed E-state index contributed by atoms with van der Waals surface area (Å²) in [6.45, 7) is 1.45. The minimum absolute atomic E-state index is 0.634. The molecule has 7 heteroatoms. The van der Waals surface area contributed by atoms with Gasteiger partial charge in [-0.2, -0.15) is 0 Å². The van der Waals surface area contributed by atoms with Gasteiger partial charge in [0.05, 0.1) is 23.3 Å². The average molecular weight is 353 g/mol. The molecule has 0 unspecified atom stereocenters. The molecule has 2 aromatic heterocycles. The first-order valence-electron chi connectivity index (χ1n) is 6.06. The number of nitrogens with one attached hydrogen (secondary N) is 1. The molecular formula is C13H11BrClN5. The van der Waals surface area contributed by atoms with Crippen LogP contribution in [0.5, 0.6) is 0 Å². The van der Waals surface area contributed by atoms with Crippen LogP contribution in [0, 0.1) is 0 Å². The zero-order valence-corrected chi connectivity index (χ0v) is 12.8. The molecule has 0 amide bonds. The molecule has 0 aliphatic carbocycles. The second-order valence-electron chi connectivity index (χ2n) is 4.25. The molecule has 3 aromatic rings. The molecule has 0 aliphatic heterocycles. The van der Waals surface area contributed by atoms with Gasteiger partial charge >= 0.3 is 0 Å². The minimum atomic E-state index is 0.634. The summed E-state index contributed by atoms with van der Waals surface area (Å²) >= 11 is 9.63. The third kappa shape index (κ3) is 2.91. The van der Waals surface area contributed by atoms with E-state index in [9.17, 15) is 0 Å². The minimum Gasteiger partial charge on any atom is -0.368 e. The average Bonchev–Trinajstić information content (AvgIpc) is 2.92. The van der Waals surface area contributed by atoms with Gasteiger partial charge in [0.2, 0.25) is 0 Å². The van der Waals surface area contributed by atoms with Crippen LogP contribution in [0.1, 0.15) is 0 Å². The largest absolute Gasteiger partial charge is 0.368 e. The molecule has 0 bridgehead atoms. The van der Waals surface area contributed by atoms with Gasteiger partial charge < -0.3 is 5.32 Å². The fourth-order valence-corrected chi connectivity index (χ4v) is 2.78. The standard InChI is InChI=1S/C13H11BrClN5/c14-10-7-9-1-2-12(18-13(9)11(15)8-10)16-3-5-20-6-4-17-19-20/h1-2,4,6-8H,3,5H2,(H,16,18). The molecule has 1 aromatic carbocycles. The SMILES string of the molecule is Clc1cc(Br)cc2ccc(NCCn3ccnn3)nc12. The second-order valence-corrected chi connectivity index (χ2v) is 5.57. The van der Waals surface area contributed by atoms with E-state index in [4.69, 9.17) is 11.6 Å². The van der Waals surface area contributed by atoms with Gasteiger partial charge in [-0.1, -0.05) is 32.7 Å². The molecule has 2 heterocycles. The number of fused-ring (bicyclic) bond motifs is 1. The van der Waals surface area contributed by atoms with Crippen LogP contribution >= 0.6 is 27.5 Å². The van der Waals surface area contributed by atoms with Gasteiger partial charge in [0, 0.05) is 22.6 Å². The Balaban J connectivity index is 1.75. The van der Waals surface area contributed by atoms with Crippen LogP contribution in [-0.4, -0.2) is 26.5 Å². The Morgan fingerprint density at radius 1 is 1.30 bits per heavy atom. The molecule has 20 heavy (non-hydrogen) atoms. The number of pyridine rings is 1. The topological polar surface area (TPSA) is 55.6 Å². The fourth-order valence-electron chi connectivity index (χ4n) is 1.91. The lowest BCUT2D eigenvalue weighted by Gasteiger charge is -2.07. The lowest BCUT2D eigenvalue weighted by Crippen LogP contribution is -2.11. The van der Waals surface area contributed by atoms with Gasteiger partial charge in [-0.25, -0.2) is 4.98 Å². The second kappa shape index (κ2) is 5.76. The number of hydrogen-bond acceptors (Lipinski definition) is 4. The lowest BCUT2D eigenvalue weighted by atomic mass is 10.2. The summed E-state index contributed by atoms with van der Waals surface area (Å²) in [6, 6.07) is 7.77. The third-order valence-electron chi connectivity index (χ3n) is 2.83. The Bertz CT molecular complexity index is 729. The van der Waals surface area contributed by atoms with Crippen molar-refractivity contribution in [2.24, 2.45) is 0 Å². The zero-order chi connectivity index (χ0) is 13.9. The van der Waals surface area contributed by atoms with Crippen LogP contribution in [0.2, 0.25) is 5.02 Å². The van der Waals surface area contributed by atoms with Crippen LogP contribution in [0.15, 0.2) is 41.1 Å². The molecule has 3 rings (SSSR count). The highest BCUT2D eigenvalue weighted by Gasteiger charge is 2.04. The molecule has 1 N–H and O–H groups in total. The first-order valence-corrected chi connectivity index (χ1v) is 7.23. The number of nitrogens with zero attached hydrogens (tertiary/aromatic N) is 4. The molecule has 0 radical (unpaired) electrons. The molecule has 0 spiro atoms. The normalized spacial score (nSPS) is 10.9. The highest BCUT2D eigenvalue weighted by Crippen LogP contribution is 2.27. The summed E-state index contributed by atoms with van der Waals surface area (Å²) in [5.74, 6) is 0.793. The summed E-state index contributed by atoms with van der Waals surface area (Å²) in [7, 11) is 0. The van der Waals surface area contributed by atoms with E-state index in [2.05, 4.69) is 36.5 Å². The number of aromatic nitrogens is 4. The van der Waals surface area contributed by atoms with Gasteiger partial charge in [0.1, 0.15) is 5.82 Å². The van der Waals surface area contributed by atoms with Crippen molar-refractivity contribution in [2.45, 2.75) is 6.54 Å². The lowest BCUT2D eigenvalue weighted by molar-refractivity contribution is 0.608. The monoisotopic (exact) mass is 351 g/mol. The molecule has 0 atom stereocenters. The molecule has 0 saturated carbocycles. The summed E-state index contributed by atoms with van der Waals surface area (Å²) < 4.78 is 2.71. The Morgan fingerprint density at radius 3 is 3.00 bits per heavy atom. The summed E-state index contributed by atoms with van der Waals surface area (Å²) in [5.41, 5.74) is 0.792. The summed E-state index contributed by atoms with van der Waals surface area (Å²) in [5, 5.41) is 12.5. The van der Waals surface area contributed by atoms with E-state index in [0.717, 1.165) is 34.3 Å². The number of anilines is 1. The van der Waals surface area contributed by atoms with Crippen molar-refractivity contribution < 1.29 is 0 Å². The molecule has 0 aliphatic rings. The van der Waals surface area contributed by atoms with E-state index in [-0.39, 0.29) is 0 Å². The van der Waals surface area contributed by atoms with E-state index < -0.39 is 0 Å². The van der Waals surface area contributed by atoms with Crippen LogP contribution in [0.25, 0.3) is 10.9 Å². The number of rotatable bonds is 4. The van der Waals surface area contributed by atoms with Crippen molar-refractivity contribution in [3.05, 3.63) is 46.2 Å². The van der Waals surface area contributed by atoms with E-state index in [1.807, 2.05) is 30.5 Å². The van der Waals surface area contributed by atoms with Crippen LogP contribution < -0.4 is 5.32 Å². The Hall–Kier alpha value is -1.66.